The van der Waals surface area contributed by atoms with Crippen LogP contribution in [0, 0.1) is 0 Å². The molecule has 1 aromatic heterocycles. The molecule has 0 atom stereocenters. The van der Waals surface area contributed by atoms with Crippen molar-refractivity contribution in [2.75, 3.05) is 25.0 Å². The van der Waals surface area contributed by atoms with E-state index in [-0.39, 0.29) is 4.90 Å². The second-order valence-electron chi connectivity index (χ2n) is 6.47. The Morgan fingerprint density at radius 2 is 1.96 bits per heavy atom. The molecule has 0 spiro atoms. The van der Waals surface area contributed by atoms with Gasteiger partial charge in [0, 0.05) is 32.7 Å². The molecule has 9 heteroatoms. The van der Waals surface area contributed by atoms with Crippen LogP contribution in [0.25, 0.3) is 0 Å². The van der Waals surface area contributed by atoms with Crippen LogP contribution in [-0.2, 0) is 16.6 Å². The molecule has 2 heterocycles. The smallest absolute Gasteiger partial charge is 0.238 e. The van der Waals surface area contributed by atoms with Crippen LogP contribution in [0.15, 0.2) is 51.7 Å². The maximum atomic E-state index is 11.3. The number of anilines is 1. The van der Waals surface area contributed by atoms with Gasteiger partial charge in [0.15, 0.2) is 5.96 Å². The van der Waals surface area contributed by atoms with Gasteiger partial charge in [0.05, 0.1) is 9.90 Å². The molecular weight excluding hydrogens is 382 g/mol. The second-order valence-corrected chi connectivity index (χ2v) is 8.96. The Hall–Kier alpha value is -2.10. The van der Waals surface area contributed by atoms with Gasteiger partial charge in [-0.15, -0.1) is 11.3 Å². The topological polar surface area (TPSA) is 99.8 Å². The summed E-state index contributed by atoms with van der Waals surface area (Å²) in [5.74, 6) is 0.750. The summed E-state index contributed by atoms with van der Waals surface area (Å²) in [5.41, 5.74) is 0.956. The summed E-state index contributed by atoms with van der Waals surface area (Å²) in [4.78, 5) is 6.83. The number of nitrogens with two attached hydrogens (primary N) is 1. The highest BCUT2D eigenvalue weighted by Crippen LogP contribution is 2.24. The molecule has 0 saturated carbocycles. The number of aliphatic imine (C=N–C) groups is 1. The van der Waals surface area contributed by atoms with Gasteiger partial charge in [-0.05, 0) is 48.1 Å². The predicted octanol–water partition coefficient (Wildman–Crippen LogP) is 1.73. The molecule has 0 unspecified atom stereocenters. The van der Waals surface area contributed by atoms with Gasteiger partial charge in [0.25, 0.3) is 0 Å². The molecule has 1 saturated heterocycles. The molecular formula is C18H25N5O2S2. The first-order valence-electron chi connectivity index (χ1n) is 8.83. The number of guanidine groups is 1. The molecule has 3 rings (SSSR count). The standard InChI is InChI=1S/C18H25N5O2S2/c1-20-18(21-13-14-4-6-16(7-5-14)27(19,24)25)22-15-8-10-23(11-9-15)17-3-2-12-26-17/h2-7,12,15H,8-11,13H2,1H3,(H2,19,24,25)(H2,20,21,22). The predicted molar refractivity (Wildman–Crippen MR) is 111 cm³/mol. The first-order valence-corrected chi connectivity index (χ1v) is 11.3. The third-order valence-electron chi connectivity index (χ3n) is 4.59. The van der Waals surface area contributed by atoms with Gasteiger partial charge < -0.3 is 15.5 Å². The number of nitrogens with one attached hydrogen (secondary N) is 2. The highest BCUT2D eigenvalue weighted by atomic mass is 32.2. The Balaban J connectivity index is 1.47. The molecule has 1 aliphatic heterocycles. The van der Waals surface area contributed by atoms with Crippen molar-refractivity contribution in [3.8, 4) is 0 Å². The summed E-state index contributed by atoms with van der Waals surface area (Å²) in [6.45, 7) is 2.62. The van der Waals surface area contributed by atoms with E-state index in [0.29, 0.717) is 12.6 Å². The van der Waals surface area contributed by atoms with E-state index < -0.39 is 10.0 Å². The van der Waals surface area contributed by atoms with Gasteiger partial charge in [0.1, 0.15) is 0 Å². The zero-order valence-corrected chi connectivity index (χ0v) is 16.9. The minimum Gasteiger partial charge on any atom is -0.363 e. The van der Waals surface area contributed by atoms with Crippen LogP contribution in [0.3, 0.4) is 0 Å². The maximum absolute atomic E-state index is 11.3. The summed E-state index contributed by atoms with van der Waals surface area (Å²) >= 11 is 1.78. The van der Waals surface area contributed by atoms with E-state index in [4.69, 9.17) is 5.14 Å². The Kier molecular flexibility index (Phi) is 6.35. The van der Waals surface area contributed by atoms with Crippen LogP contribution in [0.1, 0.15) is 18.4 Å². The molecule has 146 valence electrons. The van der Waals surface area contributed by atoms with Crippen molar-refractivity contribution < 1.29 is 8.42 Å². The highest BCUT2D eigenvalue weighted by Gasteiger charge is 2.20. The van der Waals surface area contributed by atoms with Crippen molar-refractivity contribution in [1.29, 1.82) is 0 Å². The lowest BCUT2D eigenvalue weighted by atomic mass is 10.1. The van der Waals surface area contributed by atoms with E-state index in [1.807, 2.05) is 0 Å². The lowest BCUT2D eigenvalue weighted by molar-refractivity contribution is 0.463. The monoisotopic (exact) mass is 407 g/mol. The van der Waals surface area contributed by atoms with Crippen molar-refractivity contribution in [2.24, 2.45) is 10.1 Å². The molecule has 27 heavy (non-hydrogen) atoms. The highest BCUT2D eigenvalue weighted by molar-refractivity contribution is 7.89. The summed E-state index contributed by atoms with van der Waals surface area (Å²) in [6.07, 6.45) is 2.11. The van der Waals surface area contributed by atoms with Crippen LogP contribution in [0.5, 0.6) is 0 Å². The number of nitrogens with zero attached hydrogens (tertiary/aromatic N) is 2. The molecule has 1 aromatic carbocycles. The fourth-order valence-electron chi connectivity index (χ4n) is 3.06. The van der Waals surface area contributed by atoms with Crippen molar-refractivity contribution in [3.05, 3.63) is 47.3 Å². The second kappa shape index (κ2) is 8.73. The fourth-order valence-corrected chi connectivity index (χ4v) is 4.37. The van der Waals surface area contributed by atoms with E-state index >= 15 is 0 Å². The third-order valence-corrected chi connectivity index (χ3v) is 6.45. The Morgan fingerprint density at radius 3 is 2.52 bits per heavy atom. The van der Waals surface area contributed by atoms with Crippen LogP contribution in [0.4, 0.5) is 5.00 Å². The van der Waals surface area contributed by atoms with Gasteiger partial charge in [-0.3, -0.25) is 4.99 Å². The van der Waals surface area contributed by atoms with Crippen molar-refractivity contribution >= 4 is 32.3 Å². The lowest BCUT2D eigenvalue weighted by Gasteiger charge is -2.33. The number of primary sulfonamides is 1. The molecule has 2 aromatic rings. The molecule has 0 amide bonds. The number of hydrogen-bond donors (Lipinski definition) is 3. The van der Waals surface area contributed by atoms with Gasteiger partial charge in [-0.1, -0.05) is 12.1 Å². The first-order chi connectivity index (χ1) is 13.0. The van der Waals surface area contributed by atoms with Crippen LogP contribution in [0.2, 0.25) is 0 Å². The molecule has 7 nitrogen and oxygen atoms in total. The average molecular weight is 408 g/mol. The Labute approximate surface area is 164 Å². The van der Waals surface area contributed by atoms with Crippen molar-refractivity contribution in [2.45, 2.75) is 30.3 Å². The van der Waals surface area contributed by atoms with E-state index in [1.165, 1.54) is 17.1 Å². The van der Waals surface area contributed by atoms with E-state index in [1.54, 1.807) is 30.5 Å². The quantitative estimate of drug-likeness (QED) is 0.518. The summed E-state index contributed by atoms with van der Waals surface area (Å²) < 4.78 is 22.6. The van der Waals surface area contributed by atoms with E-state index in [0.717, 1.165) is 37.5 Å². The minimum absolute atomic E-state index is 0.117. The zero-order chi connectivity index (χ0) is 19.3. The number of hydrogen-bond acceptors (Lipinski definition) is 5. The molecule has 0 radical (unpaired) electrons. The van der Waals surface area contributed by atoms with Gasteiger partial charge in [-0.25, -0.2) is 13.6 Å². The van der Waals surface area contributed by atoms with Gasteiger partial charge in [-0.2, -0.15) is 0 Å². The molecule has 1 fully saturated rings. The Bertz CT molecular complexity index is 856. The number of rotatable bonds is 5. The van der Waals surface area contributed by atoms with Crippen molar-refractivity contribution in [3.63, 3.8) is 0 Å². The van der Waals surface area contributed by atoms with E-state index in [9.17, 15) is 8.42 Å². The minimum atomic E-state index is -3.66. The van der Waals surface area contributed by atoms with E-state index in [2.05, 4.69) is 38.0 Å². The fraction of sp³-hybridized carbons (Fsp3) is 0.389. The van der Waals surface area contributed by atoms with Crippen LogP contribution < -0.4 is 20.7 Å². The third kappa shape index (κ3) is 5.44. The zero-order valence-electron chi connectivity index (χ0n) is 15.3. The molecule has 0 aliphatic carbocycles. The summed E-state index contributed by atoms with van der Waals surface area (Å²) in [6, 6.07) is 11.2. The lowest BCUT2D eigenvalue weighted by Crippen LogP contribution is -2.48. The van der Waals surface area contributed by atoms with Crippen LogP contribution in [-0.4, -0.2) is 40.6 Å². The van der Waals surface area contributed by atoms with Crippen LogP contribution >= 0.6 is 11.3 Å². The maximum Gasteiger partial charge on any atom is 0.238 e. The Morgan fingerprint density at radius 1 is 1.26 bits per heavy atom. The number of sulfonamides is 1. The SMILES string of the molecule is CN=C(NCc1ccc(S(N)(=O)=O)cc1)NC1CCN(c2cccs2)CC1. The normalized spacial score (nSPS) is 16.4. The number of piperidine rings is 1. The molecule has 0 bridgehead atoms. The average Bonchev–Trinajstić information content (AvgIpc) is 3.20. The largest absolute Gasteiger partial charge is 0.363 e. The molecule has 1 aliphatic rings. The summed E-state index contributed by atoms with van der Waals surface area (Å²) in [5, 5.41) is 15.3. The van der Waals surface area contributed by atoms with Crippen molar-refractivity contribution in [1.82, 2.24) is 10.6 Å². The molecule has 4 N–H and O–H groups in total. The number of thiophene rings is 1. The number of benzene rings is 1. The first kappa shape index (κ1) is 19.7. The van der Waals surface area contributed by atoms with Gasteiger partial charge in [0.2, 0.25) is 10.0 Å². The summed E-state index contributed by atoms with van der Waals surface area (Å²) in [7, 11) is -1.91. The van der Waals surface area contributed by atoms with Gasteiger partial charge >= 0.3 is 0 Å².